The van der Waals surface area contributed by atoms with E-state index in [9.17, 15) is 14.9 Å². The lowest BCUT2D eigenvalue weighted by atomic mass is 10.0. The summed E-state index contributed by atoms with van der Waals surface area (Å²) in [4.78, 5) is 28.2. The van der Waals surface area contributed by atoms with Gasteiger partial charge in [-0.05, 0) is 56.9 Å². The molecule has 1 aromatic carbocycles. The Morgan fingerprint density at radius 3 is 2.96 bits per heavy atom. The van der Waals surface area contributed by atoms with Gasteiger partial charge in [-0.15, -0.1) is 11.3 Å². The Balaban J connectivity index is 1.60. The number of ether oxygens (including phenoxy) is 1. The van der Waals surface area contributed by atoms with E-state index in [1.54, 1.807) is 32.0 Å². The first kappa shape index (κ1) is 18.8. The van der Waals surface area contributed by atoms with Crippen molar-refractivity contribution in [3.8, 4) is 11.8 Å². The number of hydrogen-bond donors (Lipinski definition) is 1. The van der Waals surface area contributed by atoms with Crippen LogP contribution in [0.1, 0.15) is 36.3 Å². The Kier molecular flexibility index (Phi) is 4.56. The van der Waals surface area contributed by atoms with Crippen LogP contribution in [0.3, 0.4) is 0 Å². The van der Waals surface area contributed by atoms with Crippen molar-refractivity contribution in [3.05, 3.63) is 39.2 Å². The molecule has 0 saturated heterocycles. The Hall–Kier alpha value is -2.56. The SMILES string of the molecule is CC1(C)Oc2ccc(Cl)cc2N(CC(=O)Nc2sc3c(c2C#N)CCC3)C1=O. The minimum absolute atomic E-state index is 0.188. The van der Waals surface area contributed by atoms with Crippen molar-refractivity contribution in [2.24, 2.45) is 0 Å². The second kappa shape index (κ2) is 6.80. The number of nitrogens with one attached hydrogen (secondary N) is 1. The molecule has 8 heteroatoms. The highest BCUT2D eigenvalue weighted by Crippen LogP contribution is 2.40. The van der Waals surface area contributed by atoms with Gasteiger partial charge in [0, 0.05) is 9.90 Å². The lowest BCUT2D eigenvalue weighted by molar-refractivity contribution is -0.133. The second-order valence-electron chi connectivity index (χ2n) is 7.34. The molecule has 2 heterocycles. The third kappa shape index (κ3) is 3.13. The molecule has 0 spiro atoms. The van der Waals surface area contributed by atoms with Gasteiger partial charge in [0.25, 0.3) is 5.91 Å². The fraction of sp³-hybridized carbons (Fsp3) is 0.350. The van der Waals surface area contributed by atoms with Crippen molar-refractivity contribution in [2.75, 3.05) is 16.8 Å². The van der Waals surface area contributed by atoms with Crippen LogP contribution in [-0.4, -0.2) is 24.0 Å². The maximum Gasteiger partial charge on any atom is 0.271 e. The normalized spacial score (nSPS) is 16.8. The first-order valence-electron chi connectivity index (χ1n) is 8.95. The number of nitriles is 1. The molecule has 2 amide bonds. The predicted molar refractivity (Wildman–Crippen MR) is 108 cm³/mol. The zero-order valence-electron chi connectivity index (χ0n) is 15.5. The monoisotopic (exact) mass is 415 g/mol. The van der Waals surface area contributed by atoms with Gasteiger partial charge in [0.15, 0.2) is 5.60 Å². The van der Waals surface area contributed by atoms with E-state index in [-0.39, 0.29) is 18.4 Å². The number of rotatable bonds is 3. The van der Waals surface area contributed by atoms with Crippen molar-refractivity contribution in [1.82, 2.24) is 0 Å². The van der Waals surface area contributed by atoms with Crippen LogP contribution >= 0.6 is 22.9 Å². The number of hydrogen-bond acceptors (Lipinski definition) is 5. The third-order valence-corrected chi connectivity index (χ3v) is 6.37. The number of aryl methyl sites for hydroxylation is 1. The highest BCUT2D eigenvalue weighted by Gasteiger charge is 2.41. The Morgan fingerprint density at radius 2 is 2.21 bits per heavy atom. The van der Waals surface area contributed by atoms with E-state index in [1.165, 1.54) is 16.2 Å². The van der Waals surface area contributed by atoms with Crippen LogP contribution in [0.4, 0.5) is 10.7 Å². The maximum atomic E-state index is 12.9. The summed E-state index contributed by atoms with van der Waals surface area (Å²) in [6, 6.07) is 7.18. The van der Waals surface area contributed by atoms with E-state index in [4.69, 9.17) is 16.3 Å². The van der Waals surface area contributed by atoms with Gasteiger partial charge in [-0.3, -0.25) is 14.5 Å². The molecule has 2 aliphatic rings. The Bertz CT molecular complexity index is 1040. The number of benzene rings is 1. The molecule has 144 valence electrons. The summed E-state index contributed by atoms with van der Waals surface area (Å²) in [7, 11) is 0. The zero-order chi connectivity index (χ0) is 20.1. The molecule has 0 unspecified atom stereocenters. The maximum absolute atomic E-state index is 12.9. The van der Waals surface area contributed by atoms with Crippen LogP contribution < -0.4 is 15.0 Å². The quantitative estimate of drug-likeness (QED) is 0.823. The summed E-state index contributed by atoms with van der Waals surface area (Å²) in [6.45, 7) is 3.14. The number of nitrogens with zero attached hydrogens (tertiary/aromatic N) is 2. The van der Waals surface area contributed by atoms with Crippen LogP contribution in [-0.2, 0) is 22.4 Å². The average Bonchev–Trinajstić information content (AvgIpc) is 3.20. The first-order valence-corrected chi connectivity index (χ1v) is 10.1. The average molecular weight is 416 g/mol. The minimum Gasteiger partial charge on any atom is -0.476 e. The van der Waals surface area contributed by atoms with Crippen molar-refractivity contribution >= 4 is 45.4 Å². The molecule has 0 atom stereocenters. The molecule has 6 nitrogen and oxygen atoms in total. The molecule has 2 aromatic rings. The highest BCUT2D eigenvalue weighted by molar-refractivity contribution is 7.16. The van der Waals surface area contributed by atoms with Gasteiger partial charge in [-0.1, -0.05) is 11.6 Å². The van der Waals surface area contributed by atoms with Crippen LogP contribution in [0.25, 0.3) is 0 Å². The molecule has 0 bridgehead atoms. The molecule has 28 heavy (non-hydrogen) atoms. The summed E-state index contributed by atoms with van der Waals surface area (Å²) >= 11 is 7.53. The topological polar surface area (TPSA) is 82.4 Å². The summed E-state index contributed by atoms with van der Waals surface area (Å²) in [5.74, 6) is -0.199. The summed E-state index contributed by atoms with van der Waals surface area (Å²) < 4.78 is 5.77. The molecule has 0 saturated carbocycles. The number of anilines is 2. The summed E-state index contributed by atoms with van der Waals surface area (Å²) in [6.07, 6.45) is 2.85. The number of carbonyl (C=O) groups excluding carboxylic acids is 2. The first-order chi connectivity index (χ1) is 13.3. The molecule has 1 aliphatic carbocycles. The van der Waals surface area contributed by atoms with Crippen molar-refractivity contribution in [3.63, 3.8) is 0 Å². The summed E-state index contributed by atoms with van der Waals surface area (Å²) in [5, 5.41) is 13.3. The van der Waals surface area contributed by atoms with E-state index in [1.807, 2.05) is 0 Å². The van der Waals surface area contributed by atoms with Gasteiger partial charge in [-0.2, -0.15) is 5.26 Å². The van der Waals surface area contributed by atoms with Gasteiger partial charge in [0.05, 0.1) is 11.3 Å². The minimum atomic E-state index is -1.09. The van der Waals surface area contributed by atoms with E-state index in [0.717, 1.165) is 29.7 Å². The number of thiophene rings is 1. The van der Waals surface area contributed by atoms with E-state index < -0.39 is 5.60 Å². The van der Waals surface area contributed by atoms with E-state index >= 15 is 0 Å². The van der Waals surface area contributed by atoms with Crippen molar-refractivity contribution in [2.45, 2.75) is 38.7 Å². The van der Waals surface area contributed by atoms with Crippen LogP contribution in [0, 0.1) is 11.3 Å². The molecule has 1 N–H and O–H groups in total. The van der Waals surface area contributed by atoms with Gasteiger partial charge < -0.3 is 10.1 Å². The molecule has 1 aliphatic heterocycles. The summed E-state index contributed by atoms with van der Waals surface area (Å²) in [5.41, 5.74) is 0.954. The van der Waals surface area contributed by atoms with Crippen molar-refractivity contribution in [1.29, 1.82) is 5.26 Å². The second-order valence-corrected chi connectivity index (χ2v) is 8.88. The fourth-order valence-electron chi connectivity index (χ4n) is 3.62. The standard InChI is InChI=1S/C20H18ClN3O3S/c1-20(2)19(26)24(14-8-11(21)6-7-15(14)27-20)10-17(25)23-18-13(9-22)12-4-3-5-16(12)28-18/h6-8H,3-5,10H2,1-2H3,(H,23,25). The predicted octanol–water partition coefficient (Wildman–Crippen LogP) is 3.90. The largest absolute Gasteiger partial charge is 0.476 e. The number of carbonyl (C=O) groups is 2. The molecule has 0 radical (unpaired) electrons. The molecular weight excluding hydrogens is 398 g/mol. The molecule has 0 fully saturated rings. The Labute approximate surface area is 171 Å². The smallest absolute Gasteiger partial charge is 0.271 e. The van der Waals surface area contributed by atoms with Gasteiger partial charge in [-0.25, -0.2) is 0 Å². The number of amides is 2. The molecule has 4 rings (SSSR count). The molecular formula is C20H18ClN3O3S. The van der Waals surface area contributed by atoms with E-state index in [0.29, 0.717) is 27.0 Å². The van der Waals surface area contributed by atoms with Crippen molar-refractivity contribution < 1.29 is 14.3 Å². The van der Waals surface area contributed by atoms with Crippen LogP contribution in [0.15, 0.2) is 18.2 Å². The van der Waals surface area contributed by atoms with Crippen LogP contribution in [0.5, 0.6) is 5.75 Å². The number of fused-ring (bicyclic) bond motifs is 2. The van der Waals surface area contributed by atoms with Gasteiger partial charge in [0.1, 0.15) is 23.4 Å². The fourth-order valence-corrected chi connectivity index (χ4v) is 5.04. The number of halogens is 1. The van der Waals surface area contributed by atoms with Gasteiger partial charge in [0.2, 0.25) is 5.91 Å². The van der Waals surface area contributed by atoms with Crippen LogP contribution in [0.2, 0.25) is 5.02 Å². The molecule has 1 aromatic heterocycles. The Morgan fingerprint density at radius 1 is 1.43 bits per heavy atom. The van der Waals surface area contributed by atoms with E-state index in [2.05, 4.69) is 11.4 Å². The lowest BCUT2D eigenvalue weighted by Crippen LogP contribution is -2.54. The third-order valence-electron chi connectivity index (χ3n) is 4.92. The van der Waals surface area contributed by atoms with Gasteiger partial charge >= 0.3 is 0 Å². The zero-order valence-corrected chi connectivity index (χ0v) is 17.0. The highest BCUT2D eigenvalue weighted by atomic mass is 35.5. The lowest BCUT2D eigenvalue weighted by Gasteiger charge is -2.38.